The molecule has 0 radical (unpaired) electrons. The topological polar surface area (TPSA) is 87.7 Å². The molecule has 2 aromatic rings. The molecule has 6 nitrogen and oxygen atoms in total. The molecule has 2 N–H and O–H groups in total. The van der Waals surface area contributed by atoms with E-state index in [1.165, 1.54) is 24.4 Å². The van der Waals surface area contributed by atoms with E-state index < -0.39 is 5.91 Å². The number of anilines is 1. The quantitative estimate of drug-likeness (QED) is 0.842. The van der Waals surface area contributed by atoms with Crippen molar-refractivity contribution in [2.45, 2.75) is 0 Å². The molecular weight excluding hydrogens is 368 g/mol. The number of amides is 1. The second-order valence-corrected chi connectivity index (χ2v) is 4.78. The molecule has 1 amide bonds. The molecule has 0 atom stereocenters. The van der Waals surface area contributed by atoms with E-state index in [0.717, 1.165) is 0 Å². The maximum atomic E-state index is 11.8. The number of hydrogen-bond acceptors (Lipinski definition) is 4. The predicted molar refractivity (Wildman–Crippen MR) is 72.4 cm³/mol. The second kappa shape index (κ2) is 5.40. The van der Waals surface area contributed by atoms with Gasteiger partial charge in [0.2, 0.25) is 5.56 Å². The van der Waals surface area contributed by atoms with Crippen LogP contribution < -0.4 is 10.9 Å². The van der Waals surface area contributed by atoms with Crippen molar-refractivity contribution in [3.05, 3.63) is 49.7 Å². The molecule has 92 valence electrons. The Morgan fingerprint density at radius 2 is 2.11 bits per heavy atom. The van der Waals surface area contributed by atoms with Gasteiger partial charge in [-0.15, -0.1) is 0 Å². The van der Waals surface area contributed by atoms with Crippen LogP contribution in [0.5, 0.6) is 0 Å². The number of nitrogens with one attached hydrogen (secondary N) is 2. The smallest absolute Gasteiger partial charge is 0.273 e. The van der Waals surface area contributed by atoms with Gasteiger partial charge in [-0.05, 0) is 37.9 Å². The van der Waals surface area contributed by atoms with Crippen LogP contribution in [-0.4, -0.2) is 20.9 Å². The molecule has 0 bridgehead atoms. The molecular formula is C10H6Br2N4O2. The van der Waals surface area contributed by atoms with Gasteiger partial charge in [0.15, 0.2) is 5.82 Å². The van der Waals surface area contributed by atoms with Crippen molar-refractivity contribution >= 4 is 43.6 Å². The number of pyridine rings is 1. The molecule has 0 aliphatic heterocycles. The summed E-state index contributed by atoms with van der Waals surface area (Å²) in [4.78, 5) is 33.3. The van der Waals surface area contributed by atoms with Gasteiger partial charge in [-0.1, -0.05) is 6.07 Å². The summed E-state index contributed by atoms with van der Waals surface area (Å²) in [5, 5.41) is 2.53. The summed E-state index contributed by atoms with van der Waals surface area (Å²) in [5.41, 5.74) is -0.192. The first-order valence-corrected chi connectivity index (χ1v) is 6.33. The van der Waals surface area contributed by atoms with E-state index in [-0.39, 0.29) is 17.1 Å². The molecule has 0 fully saturated rings. The van der Waals surface area contributed by atoms with Crippen LogP contribution in [0.15, 0.2) is 38.4 Å². The van der Waals surface area contributed by atoms with Gasteiger partial charge >= 0.3 is 0 Å². The third-order valence-electron chi connectivity index (χ3n) is 1.95. The van der Waals surface area contributed by atoms with Crippen LogP contribution in [0.1, 0.15) is 10.5 Å². The fraction of sp³-hybridized carbons (Fsp3) is 0. The van der Waals surface area contributed by atoms with Crippen molar-refractivity contribution in [2.24, 2.45) is 0 Å². The molecule has 0 unspecified atom stereocenters. The number of hydrogen-bond donors (Lipinski definition) is 2. The van der Waals surface area contributed by atoms with Crippen molar-refractivity contribution in [2.75, 3.05) is 5.32 Å². The average Bonchev–Trinajstić information content (AvgIpc) is 2.32. The number of halogens is 2. The zero-order valence-corrected chi connectivity index (χ0v) is 11.9. The third-order valence-corrected chi connectivity index (χ3v) is 2.88. The Bertz CT molecular complexity index is 656. The number of H-pyrrole nitrogens is 1. The lowest BCUT2D eigenvalue weighted by Crippen LogP contribution is -2.18. The summed E-state index contributed by atoms with van der Waals surface area (Å²) >= 11 is 6.33. The van der Waals surface area contributed by atoms with E-state index in [4.69, 9.17) is 0 Å². The third kappa shape index (κ3) is 3.02. The summed E-state index contributed by atoms with van der Waals surface area (Å²) < 4.78 is 0.934. The van der Waals surface area contributed by atoms with Gasteiger partial charge in [0, 0.05) is 6.07 Å². The number of aromatic nitrogens is 3. The summed E-state index contributed by atoms with van der Waals surface area (Å²) in [6.45, 7) is 0. The summed E-state index contributed by atoms with van der Waals surface area (Å²) in [5.74, 6) is -0.196. The molecule has 0 aromatic carbocycles. The summed E-state index contributed by atoms with van der Waals surface area (Å²) in [7, 11) is 0. The fourth-order valence-electron chi connectivity index (χ4n) is 1.19. The SMILES string of the molecule is O=C(Nc1ncc(Br)nc1Br)c1cccc(=O)[nH]1. The van der Waals surface area contributed by atoms with E-state index >= 15 is 0 Å². The Balaban J connectivity index is 2.24. The Labute approximate surface area is 118 Å². The van der Waals surface area contributed by atoms with Crippen molar-refractivity contribution in [3.63, 3.8) is 0 Å². The number of carbonyl (C=O) groups is 1. The molecule has 0 aliphatic rings. The van der Waals surface area contributed by atoms with Gasteiger partial charge < -0.3 is 10.3 Å². The Morgan fingerprint density at radius 1 is 1.33 bits per heavy atom. The van der Waals surface area contributed by atoms with Crippen LogP contribution in [0.2, 0.25) is 0 Å². The predicted octanol–water partition coefficient (Wildman–Crippen LogP) is 1.94. The highest BCUT2D eigenvalue weighted by Crippen LogP contribution is 2.19. The highest BCUT2D eigenvalue weighted by atomic mass is 79.9. The van der Waals surface area contributed by atoms with Crippen LogP contribution in [0.3, 0.4) is 0 Å². The number of aromatic amines is 1. The van der Waals surface area contributed by atoms with Gasteiger partial charge in [-0.3, -0.25) is 9.59 Å². The van der Waals surface area contributed by atoms with Gasteiger partial charge in [-0.25, -0.2) is 9.97 Å². The van der Waals surface area contributed by atoms with Crippen molar-refractivity contribution < 1.29 is 4.79 Å². The average molecular weight is 374 g/mol. The van der Waals surface area contributed by atoms with E-state index in [9.17, 15) is 9.59 Å². The molecule has 18 heavy (non-hydrogen) atoms. The minimum atomic E-state index is -0.468. The van der Waals surface area contributed by atoms with Crippen LogP contribution in [0.4, 0.5) is 5.82 Å². The van der Waals surface area contributed by atoms with E-state index in [1.54, 1.807) is 0 Å². The summed E-state index contributed by atoms with van der Waals surface area (Å²) in [6.07, 6.45) is 1.45. The number of nitrogens with zero attached hydrogens (tertiary/aromatic N) is 2. The lowest BCUT2D eigenvalue weighted by Gasteiger charge is -2.05. The first-order chi connectivity index (χ1) is 8.56. The van der Waals surface area contributed by atoms with Crippen molar-refractivity contribution in [1.82, 2.24) is 15.0 Å². The van der Waals surface area contributed by atoms with Crippen LogP contribution >= 0.6 is 31.9 Å². The standard InChI is InChI=1S/C10H6Br2N4O2/c11-6-4-13-9(8(12)15-6)16-10(18)5-2-1-3-7(17)14-5/h1-4H,(H,14,17)(H,13,16,18). The van der Waals surface area contributed by atoms with Gasteiger partial charge in [0.05, 0.1) is 6.20 Å². The van der Waals surface area contributed by atoms with Crippen LogP contribution in [-0.2, 0) is 0 Å². The molecule has 0 saturated heterocycles. The van der Waals surface area contributed by atoms with Crippen molar-refractivity contribution in [3.8, 4) is 0 Å². The normalized spacial score (nSPS) is 10.1. The zero-order chi connectivity index (χ0) is 13.1. The van der Waals surface area contributed by atoms with Crippen LogP contribution in [0, 0.1) is 0 Å². The minimum Gasteiger partial charge on any atom is -0.318 e. The molecule has 2 rings (SSSR count). The van der Waals surface area contributed by atoms with E-state index in [0.29, 0.717) is 9.21 Å². The molecule has 0 aliphatic carbocycles. The number of carbonyl (C=O) groups excluding carboxylic acids is 1. The Morgan fingerprint density at radius 3 is 2.78 bits per heavy atom. The molecule has 2 aromatic heterocycles. The monoisotopic (exact) mass is 372 g/mol. The lowest BCUT2D eigenvalue weighted by molar-refractivity contribution is 0.102. The second-order valence-electron chi connectivity index (χ2n) is 3.21. The molecule has 0 saturated carbocycles. The van der Waals surface area contributed by atoms with E-state index in [2.05, 4.69) is 52.1 Å². The van der Waals surface area contributed by atoms with Crippen molar-refractivity contribution in [1.29, 1.82) is 0 Å². The highest BCUT2D eigenvalue weighted by molar-refractivity contribution is 9.11. The maximum Gasteiger partial charge on any atom is 0.273 e. The molecule has 2 heterocycles. The van der Waals surface area contributed by atoms with Gasteiger partial charge in [0.25, 0.3) is 5.91 Å². The molecule has 0 spiro atoms. The van der Waals surface area contributed by atoms with Gasteiger partial charge in [0.1, 0.15) is 14.9 Å². The highest BCUT2D eigenvalue weighted by Gasteiger charge is 2.11. The Kier molecular flexibility index (Phi) is 3.87. The van der Waals surface area contributed by atoms with E-state index in [1.807, 2.05) is 0 Å². The number of rotatable bonds is 2. The summed E-state index contributed by atoms with van der Waals surface area (Å²) in [6, 6.07) is 4.32. The lowest BCUT2D eigenvalue weighted by atomic mass is 10.3. The van der Waals surface area contributed by atoms with Gasteiger partial charge in [-0.2, -0.15) is 0 Å². The Hall–Kier alpha value is -1.54. The first-order valence-electron chi connectivity index (χ1n) is 4.75. The zero-order valence-electron chi connectivity index (χ0n) is 8.78. The maximum absolute atomic E-state index is 11.8. The van der Waals surface area contributed by atoms with Crippen LogP contribution in [0.25, 0.3) is 0 Å². The minimum absolute atomic E-state index is 0.152. The fourth-order valence-corrected chi connectivity index (χ4v) is 2.10. The molecule has 8 heteroatoms. The first kappa shape index (κ1) is 12.9. The largest absolute Gasteiger partial charge is 0.318 e.